The number of benzene rings is 1. The molecule has 0 saturated carbocycles. The van der Waals surface area contributed by atoms with Gasteiger partial charge in [0, 0.05) is 18.0 Å². The van der Waals surface area contributed by atoms with Crippen LogP contribution >= 0.6 is 0 Å². The van der Waals surface area contributed by atoms with Gasteiger partial charge >= 0.3 is 0 Å². The monoisotopic (exact) mass is 237 g/mol. The standard InChI is InChI=1S/C14H11N3O/c1-9-3-2-4-10(7-9)13-16-12-5-6-15-8-11(12)14(18)17-13/h2-8H,1H3,(H,16,17,18). The van der Waals surface area contributed by atoms with Crippen molar-refractivity contribution < 1.29 is 0 Å². The Labute approximate surface area is 103 Å². The molecule has 0 amide bonds. The van der Waals surface area contributed by atoms with Crippen LogP contribution in [0.25, 0.3) is 22.3 Å². The first-order valence-corrected chi connectivity index (χ1v) is 5.65. The number of nitrogens with zero attached hydrogens (tertiary/aromatic N) is 2. The molecule has 0 fully saturated rings. The van der Waals surface area contributed by atoms with Gasteiger partial charge in [-0.05, 0) is 19.1 Å². The van der Waals surface area contributed by atoms with Crippen molar-refractivity contribution >= 4 is 10.9 Å². The molecule has 3 rings (SSSR count). The molecule has 2 aromatic heterocycles. The summed E-state index contributed by atoms with van der Waals surface area (Å²) in [5.74, 6) is 0.586. The highest BCUT2D eigenvalue weighted by Crippen LogP contribution is 2.16. The predicted molar refractivity (Wildman–Crippen MR) is 70.3 cm³/mol. The molecule has 0 radical (unpaired) electrons. The van der Waals surface area contributed by atoms with Crippen molar-refractivity contribution in [3.05, 3.63) is 58.6 Å². The highest BCUT2D eigenvalue weighted by Gasteiger charge is 2.05. The van der Waals surface area contributed by atoms with E-state index in [1.807, 2.05) is 31.2 Å². The SMILES string of the molecule is Cc1cccc(-c2nc3ccncc3c(=O)[nH]2)c1. The average molecular weight is 237 g/mol. The van der Waals surface area contributed by atoms with E-state index < -0.39 is 0 Å². The molecule has 0 aliphatic carbocycles. The maximum atomic E-state index is 11.9. The van der Waals surface area contributed by atoms with Gasteiger partial charge in [0.2, 0.25) is 0 Å². The topological polar surface area (TPSA) is 58.6 Å². The number of fused-ring (bicyclic) bond motifs is 1. The summed E-state index contributed by atoms with van der Waals surface area (Å²) in [6, 6.07) is 9.61. The van der Waals surface area contributed by atoms with Crippen LogP contribution in [0.1, 0.15) is 5.56 Å². The molecule has 0 spiro atoms. The Morgan fingerprint density at radius 1 is 1.22 bits per heavy atom. The summed E-state index contributed by atoms with van der Waals surface area (Å²) in [6.45, 7) is 2.01. The lowest BCUT2D eigenvalue weighted by Crippen LogP contribution is -2.09. The molecule has 0 aliphatic heterocycles. The van der Waals surface area contributed by atoms with Crippen molar-refractivity contribution in [2.45, 2.75) is 6.92 Å². The summed E-state index contributed by atoms with van der Waals surface area (Å²) in [4.78, 5) is 23.1. The number of nitrogens with one attached hydrogen (secondary N) is 1. The fraction of sp³-hybridized carbons (Fsp3) is 0.0714. The lowest BCUT2D eigenvalue weighted by atomic mass is 10.1. The third-order valence-electron chi connectivity index (χ3n) is 2.80. The van der Waals surface area contributed by atoms with Crippen LogP contribution in [0.3, 0.4) is 0 Å². The fourth-order valence-electron chi connectivity index (χ4n) is 1.91. The number of hydrogen-bond acceptors (Lipinski definition) is 3. The summed E-state index contributed by atoms with van der Waals surface area (Å²) < 4.78 is 0. The third kappa shape index (κ3) is 1.78. The molecule has 4 nitrogen and oxygen atoms in total. The molecule has 0 saturated heterocycles. The predicted octanol–water partition coefficient (Wildman–Crippen LogP) is 2.29. The molecule has 0 atom stereocenters. The van der Waals surface area contributed by atoms with Crippen LogP contribution in [0.2, 0.25) is 0 Å². The Morgan fingerprint density at radius 3 is 2.94 bits per heavy atom. The number of rotatable bonds is 1. The Hall–Kier alpha value is -2.49. The fourth-order valence-corrected chi connectivity index (χ4v) is 1.91. The van der Waals surface area contributed by atoms with Crippen LogP contribution in [0.4, 0.5) is 0 Å². The molecule has 4 heteroatoms. The van der Waals surface area contributed by atoms with Gasteiger partial charge in [0.1, 0.15) is 5.82 Å². The lowest BCUT2D eigenvalue weighted by molar-refractivity contribution is 1.16. The Morgan fingerprint density at radius 2 is 2.11 bits per heavy atom. The van der Waals surface area contributed by atoms with Gasteiger partial charge in [0.25, 0.3) is 5.56 Å². The van der Waals surface area contributed by atoms with Gasteiger partial charge in [-0.25, -0.2) is 4.98 Å². The molecule has 3 aromatic rings. The van der Waals surface area contributed by atoms with Crippen LogP contribution in [-0.2, 0) is 0 Å². The van der Waals surface area contributed by atoms with E-state index in [0.29, 0.717) is 16.7 Å². The summed E-state index contributed by atoms with van der Waals surface area (Å²) in [5, 5.41) is 0.508. The molecule has 0 bridgehead atoms. The normalized spacial score (nSPS) is 10.7. The van der Waals surface area contributed by atoms with E-state index in [2.05, 4.69) is 15.0 Å². The summed E-state index contributed by atoms with van der Waals surface area (Å²) in [5.41, 5.74) is 2.53. The zero-order valence-corrected chi connectivity index (χ0v) is 9.84. The van der Waals surface area contributed by atoms with Gasteiger partial charge in [0.15, 0.2) is 0 Å². The van der Waals surface area contributed by atoms with Gasteiger partial charge < -0.3 is 4.98 Å². The second-order valence-corrected chi connectivity index (χ2v) is 4.18. The van der Waals surface area contributed by atoms with E-state index in [9.17, 15) is 4.79 Å². The second kappa shape index (κ2) is 4.07. The van der Waals surface area contributed by atoms with E-state index >= 15 is 0 Å². The molecule has 0 unspecified atom stereocenters. The van der Waals surface area contributed by atoms with Gasteiger partial charge in [-0.15, -0.1) is 0 Å². The number of aromatic nitrogens is 3. The second-order valence-electron chi connectivity index (χ2n) is 4.18. The molecule has 88 valence electrons. The maximum Gasteiger partial charge on any atom is 0.260 e. The van der Waals surface area contributed by atoms with E-state index in [1.54, 1.807) is 12.3 Å². The van der Waals surface area contributed by atoms with Crippen molar-refractivity contribution in [1.29, 1.82) is 0 Å². The van der Waals surface area contributed by atoms with E-state index in [4.69, 9.17) is 0 Å². The summed E-state index contributed by atoms with van der Waals surface area (Å²) in [6.07, 6.45) is 3.16. The van der Waals surface area contributed by atoms with E-state index in [-0.39, 0.29) is 5.56 Å². The van der Waals surface area contributed by atoms with E-state index in [1.165, 1.54) is 6.20 Å². The first kappa shape index (κ1) is 10.7. The van der Waals surface area contributed by atoms with Gasteiger partial charge in [-0.1, -0.05) is 23.8 Å². The number of H-pyrrole nitrogens is 1. The van der Waals surface area contributed by atoms with Gasteiger partial charge in [-0.3, -0.25) is 9.78 Å². The smallest absolute Gasteiger partial charge is 0.260 e. The minimum Gasteiger partial charge on any atom is -0.306 e. The first-order valence-electron chi connectivity index (χ1n) is 5.65. The summed E-state index contributed by atoms with van der Waals surface area (Å²) >= 11 is 0. The quantitative estimate of drug-likeness (QED) is 0.706. The maximum absolute atomic E-state index is 11.9. The lowest BCUT2D eigenvalue weighted by Gasteiger charge is -2.03. The number of hydrogen-bond donors (Lipinski definition) is 1. The molecule has 0 aliphatic rings. The molecular formula is C14H11N3O. The van der Waals surface area contributed by atoms with Gasteiger partial charge in [-0.2, -0.15) is 0 Å². The highest BCUT2D eigenvalue weighted by atomic mass is 16.1. The molecule has 2 heterocycles. The third-order valence-corrected chi connectivity index (χ3v) is 2.80. The minimum atomic E-state index is -0.162. The van der Waals surface area contributed by atoms with Crippen LogP contribution in [0.5, 0.6) is 0 Å². The van der Waals surface area contributed by atoms with Crippen molar-refractivity contribution in [1.82, 2.24) is 15.0 Å². The highest BCUT2D eigenvalue weighted by molar-refractivity contribution is 5.78. The van der Waals surface area contributed by atoms with Crippen LogP contribution in [0.15, 0.2) is 47.5 Å². The van der Waals surface area contributed by atoms with Crippen molar-refractivity contribution in [2.24, 2.45) is 0 Å². The van der Waals surface area contributed by atoms with Gasteiger partial charge in [0.05, 0.1) is 10.9 Å². The van der Waals surface area contributed by atoms with Crippen LogP contribution < -0.4 is 5.56 Å². The number of aromatic amines is 1. The first-order chi connectivity index (χ1) is 8.74. The molecule has 1 aromatic carbocycles. The van der Waals surface area contributed by atoms with Crippen molar-refractivity contribution in [3.63, 3.8) is 0 Å². The number of aryl methyl sites for hydroxylation is 1. The zero-order chi connectivity index (χ0) is 12.5. The number of pyridine rings is 1. The molecular weight excluding hydrogens is 226 g/mol. The zero-order valence-electron chi connectivity index (χ0n) is 9.84. The Kier molecular flexibility index (Phi) is 2.41. The Bertz CT molecular complexity index is 777. The summed E-state index contributed by atoms with van der Waals surface area (Å²) in [7, 11) is 0. The Balaban J connectivity index is 2.28. The van der Waals surface area contributed by atoms with Crippen LogP contribution in [-0.4, -0.2) is 15.0 Å². The largest absolute Gasteiger partial charge is 0.306 e. The van der Waals surface area contributed by atoms with Crippen molar-refractivity contribution in [2.75, 3.05) is 0 Å². The minimum absolute atomic E-state index is 0.162. The molecule has 1 N–H and O–H groups in total. The van der Waals surface area contributed by atoms with Crippen molar-refractivity contribution in [3.8, 4) is 11.4 Å². The van der Waals surface area contributed by atoms with E-state index in [0.717, 1.165) is 11.1 Å². The average Bonchev–Trinajstić information content (AvgIpc) is 2.39. The van der Waals surface area contributed by atoms with Crippen LogP contribution in [0, 0.1) is 6.92 Å². The molecule has 18 heavy (non-hydrogen) atoms.